The Labute approximate surface area is 175 Å². The van der Waals surface area contributed by atoms with Crippen LogP contribution in [0, 0.1) is 0 Å². The van der Waals surface area contributed by atoms with Crippen molar-refractivity contribution >= 4 is 0 Å². The van der Waals surface area contributed by atoms with Crippen LogP contribution in [-0.2, 0) is 18.4 Å². The lowest BCUT2D eigenvalue weighted by Crippen LogP contribution is -2.52. The second kappa shape index (κ2) is 6.74. The highest BCUT2D eigenvalue weighted by molar-refractivity contribution is 5.56. The smallest absolute Gasteiger partial charge is 0.231 e. The summed E-state index contributed by atoms with van der Waals surface area (Å²) in [7, 11) is 0. The fraction of sp³-hybridized carbons (Fsp3) is 0.417. The zero-order valence-corrected chi connectivity index (χ0v) is 16.8. The van der Waals surface area contributed by atoms with Crippen molar-refractivity contribution in [3.8, 4) is 17.2 Å². The summed E-state index contributed by atoms with van der Waals surface area (Å²) in [5.41, 5.74) is 8.82. The van der Waals surface area contributed by atoms with Gasteiger partial charge in [0.05, 0.1) is 11.5 Å². The number of ether oxygens (including phenoxy) is 3. The molecule has 0 saturated carbocycles. The van der Waals surface area contributed by atoms with E-state index in [0.717, 1.165) is 36.6 Å². The number of aliphatic hydroxyl groups is 1. The molecule has 4 aliphatic rings. The first kappa shape index (κ1) is 18.2. The summed E-state index contributed by atoms with van der Waals surface area (Å²) >= 11 is 0. The van der Waals surface area contributed by atoms with Crippen molar-refractivity contribution in [3.05, 3.63) is 65.2 Å². The molecule has 1 aliphatic carbocycles. The van der Waals surface area contributed by atoms with Gasteiger partial charge in [-0.05, 0) is 60.0 Å². The van der Waals surface area contributed by atoms with Crippen molar-refractivity contribution in [3.63, 3.8) is 0 Å². The molecule has 6 heteroatoms. The molecule has 1 saturated heterocycles. The van der Waals surface area contributed by atoms with Gasteiger partial charge in [0.1, 0.15) is 11.9 Å². The van der Waals surface area contributed by atoms with Gasteiger partial charge in [-0.15, -0.1) is 0 Å². The summed E-state index contributed by atoms with van der Waals surface area (Å²) in [6.45, 7) is 2.38. The van der Waals surface area contributed by atoms with Crippen LogP contribution >= 0.6 is 0 Å². The summed E-state index contributed by atoms with van der Waals surface area (Å²) in [5.74, 6) is 2.44. The molecule has 6 rings (SSSR count). The van der Waals surface area contributed by atoms with Crippen LogP contribution in [0.2, 0.25) is 0 Å². The summed E-state index contributed by atoms with van der Waals surface area (Å²) in [6, 6.07) is 12.6. The van der Waals surface area contributed by atoms with Gasteiger partial charge in [-0.3, -0.25) is 4.90 Å². The lowest BCUT2D eigenvalue weighted by molar-refractivity contribution is 0.102. The third-order valence-electron chi connectivity index (χ3n) is 7.08. The molecule has 2 aromatic rings. The van der Waals surface area contributed by atoms with Crippen LogP contribution in [0.4, 0.5) is 0 Å². The van der Waals surface area contributed by atoms with Crippen LogP contribution in [0.1, 0.15) is 23.1 Å². The minimum atomic E-state index is -0.447. The molecule has 0 aromatic heterocycles. The number of nitrogens with two attached hydrogens (primary N) is 1. The topological polar surface area (TPSA) is 77.2 Å². The highest BCUT2D eigenvalue weighted by Gasteiger charge is 2.58. The minimum absolute atomic E-state index is 0.0214. The van der Waals surface area contributed by atoms with Gasteiger partial charge >= 0.3 is 0 Å². The Morgan fingerprint density at radius 1 is 1.17 bits per heavy atom. The molecular formula is C24H26N2O4. The first-order valence-electron chi connectivity index (χ1n) is 10.7. The van der Waals surface area contributed by atoms with E-state index in [0.29, 0.717) is 13.1 Å². The van der Waals surface area contributed by atoms with E-state index >= 15 is 0 Å². The Balaban J connectivity index is 1.31. The number of aliphatic hydroxyl groups excluding tert-OH is 1. The zero-order valence-electron chi connectivity index (χ0n) is 16.8. The molecule has 0 amide bonds. The number of fused-ring (bicyclic) bond motifs is 2. The molecule has 2 aromatic carbocycles. The third kappa shape index (κ3) is 2.61. The van der Waals surface area contributed by atoms with Crippen LogP contribution < -0.4 is 19.9 Å². The molecule has 1 fully saturated rings. The number of hydrogen-bond acceptors (Lipinski definition) is 6. The standard InChI is InChI=1S/C24H26N2O4/c25-8-6-15-1-3-17(4-2-15)30-18-5-7-24-19-11-21-20(28-14-29-21)9-16(19)12-26(13-23(24)27)22(24)10-18/h1-5,7,9,11,18,22-23,27H,6,8,10,12-14,25H2/t18-,22-,23-,24-/m0/s1. The van der Waals surface area contributed by atoms with Crippen molar-refractivity contribution in [2.75, 3.05) is 19.9 Å². The van der Waals surface area contributed by atoms with Crippen LogP contribution in [0.3, 0.4) is 0 Å². The molecule has 3 aliphatic heterocycles. The summed E-state index contributed by atoms with van der Waals surface area (Å²) in [5, 5.41) is 11.1. The molecule has 156 valence electrons. The zero-order chi connectivity index (χ0) is 20.3. The van der Waals surface area contributed by atoms with Crippen LogP contribution in [0.5, 0.6) is 17.2 Å². The highest BCUT2D eigenvalue weighted by Crippen LogP contribution is 2.53. The van der Waals surface area contributed by atoms with Crippen LogP contribution in [0.25, 0.3) is 0 Å². The quantitative estimate of drug-likeness (QED) is 0.758. The summed E-state index contributed by atoms with van der Waals surface area (Å²) < 4.78 is 17.5. The monoisotopic (exact) mass is 406 g/mol. The Hall–Kier alpha value is -2.54. The lowest BCUT2D eigenvalue weighted by atomic mass is 9.65. The van der Waals surface area contributed by atoms with Crippen molar-refractivity contribution in [1.82, 2.24) is 4.90 Å². The van der Waals surface area contributed by atoms with E-state index in [9.17, 15) is 5.11 Å². The molecule has 1 unspecified atom stereocenters. The average Bonchev–Trinajstić information content (AvgIpc) is 3.29. The fourth-order valence-corrected chi connectivity index (χ4v) is 5.68. The van der Waals surface area contributed by atoms with Gasteiger partial charge in [-0.2, -0.15) is 0 Å². The molecule has 0 radical (unpaired) electrons. The Bertz CT molecular complexity index is 1010. The predicted molar refractivity (Wildman–Crippen MR) is 112 cm³/mol. The maximum atomic E-state index is 11.1. The van der Waals surface area contributed by atoms with Gasteiger partial charge in [0.2, 0.25) is 6.79 Å². The average molecular weight is 406 g/mol. The molecule has 0 spiro atoms. The molecule has 5 atom stereocenters. The number of benzene rings is 2. The Morgan fingerprint density at radius 3 is 2.77 bits per heavy atom. The molecule has 2 bridgehead atoms. The van der Waals surface area contributed by atoms with E-state index in [4.69, 9.17) is 19.9 Å². The van der Waals surface area contributed by atoms with Crippen molar-refractivity contribution in [2.24, 2.45) is 5.73 Å². The first-order chi connectivity index (χ1) is 14.7. The highest BCUT2D eigenvalue weighted by atomic mass is 16.7. The Morgan fingerprint density at radius 2 is 1.97 bits per heavy atom. The van der Waals surface area contributed by atoms with Crippen molar-refractivity contribution in [1.29, 1.82) is 0 Å². The van der Waals surface area contributed by atoms with Gasteiger partial charge in [0.15, 0.2) is 11.5 Å². The maximum absolute atomic E-state index is 11.1. The number of hydrogen-bond donors (Lipinski definition) is 2. The van der Waals surface area contributed by atoms with Gasteiger partial charge in [0, 0.05) is 25.6 Å². The van der Waals surface area contributed by atoms with E-state index < -0.39 is 11.5 Å². The van der Waals surface area contributed by atoms with Crippen LogP contribution in [-0.4, -0.2) is 48.1 Å². The van der Waals surface area contributed by atoms with Crippen molar-refractivity contribution < 1.29 is 19.3 Å². The molecule has 30 heavy (non-hydrogen) atoms. The third-order valence-corrected chi connectivity index (χ3v) is 7.08. The van der Waals surface area contributed by atoms with Crippen LogP contribution in [0.15, 0.2) is 48.6 Å². The Kier molecular flexibility index (Phi) is 4.10. The van der Waals surface area contributed by atoms with Gasteiger partial charge in [-0.25, -0.2) is 0 Å². The lowest BCUT2D eigenvalue weighted by Gasteiger charge is -2.46. The minimum Gasteiger partial charge on any atom is -0.486 e. The number of rotatable bonds is 4. The second-order valence-corrected chi connectivity index (χ2v) is 8.69. The summed E-state index contributed by atoms with van der Waals surface area (Å²) in [4.78, 5) is 2.39. The summed E-state index contributed by atoms with van der Waals surface area (Å²) in [6.07, 6.45) is 5.55. The molecular weight excluding hydrogens is 380 g/mol. The maximum Gasteiger partial charge on any atom is 0.231 e. The van der Waals surface area contributed by atoms with E-state index in [2.05, 4.69) is 41.3 Å². The van der Waals surface area contributed by atoms with Crippen molar-refractivity contribution in [2.45, 2.75) is 43.1 Å². The first-order valence-corrected chi connectivity index (χ1v) is 10.7. The molecule has 3 heterocycles. The molecule has 3 N–H and O–H groups in total. The second-order valence-electron chi connectivity index (χ2n) is 8.69. The van der Waals surface area contributed by atoms with E-state index in [1.165, 1.54) is 16.7 Å². The SMILES string of the molecule is NCCc1ccc(O[C@H]2C=C[C@@]34c5cc6c(cc5CN(C[C@@H]3O)[C@H]4C2)OCO6)cc1. The van der Waals surface area contributed by atoms with Gasteiger partial charge in [-0.1, -0.05) is 18.2 Å². The molecule has 6 nitrogen and oxygen atoms in total. The largest absolute Gasteiger partial charge is 0.486 e. The van der Waals surface area contributed by atoms with E-state index in [-0.39, 0.29) is 18.9 Å². The van der Waals surface area contributed by atoms with Gasteiger partial charge in [0.25, 0.3) is 0 Å². The van der Waals surface area contributed by atoms with Gasteiger partial charge < -0.3 is 25.1 Å². The fourth-order valence-electron chi connectivity index (χ4n) is 5.68. The van der Waals surface area contributed by atoms with E-state index in [1.807, 2.05) is 12.1 Å². The number of nitrogens with zero attached hydrogens (tertiary/aromatic N) is 1. The predicted octanol–water partition coefficient (Wildman–Crippen LogP) is 2.12. The van der Waals surface area contributed by atoms with E-state index in [1.54, 1.807) is 0 Å². The normalized spacial score (nSPS) is 32.6.